The second-order valence-electron chi connectivity index (χ2n) is 9.62. The van der Waals surface area contributed by atoms with E-state index in [4.69, 9.17) is 0 Å². The number of Topliss-reactive ketones (excluding diaryl/α,β-unsaturated/α-hetero) is 1. The number of hydrazine groups is 1. The zero-order valence-corrected chi connectivity index (χ0v) is 20.3. The monoisotopic (exact) mass is 486 g/mol. The zero-order chi connectivity index (χ0) is 24.6. The molecule has 3 N–H and O–H groups in total. The number of nitrogens with one attached hydrogen (secondary N) is 3. The summed E-state index contributed by atoms with van der Waals surface area (Å²) in [6, 6.07) is 12.9. The number of hydrogen-bond donors (Lipinski definition) is 3. The van der Waals surface area contributed by atoms with Crippen molar-refractivity contribution < 1.29 is 9.59 Å². The second-order valence-corrected chi connectivity index (χ2v) is 9.62. The molecule has 1 unspecified atom stereocenters. The average molecular weight is 487 g/mol. The van der Waals surface area contributed by atoms with Gasteiger partial charge in [-0.05, 0) is 30.8 Å². The first-order chi connectivity index (χ1) is 17.6. The molecule has 0 bridgehead atoms. The summed E-state index contributed by atoms with van der Waals surface area (Å²) in [6.45, 7) is 7.18. The summed E-state index contributed by atoms with van der Waals surface area (Å²) in [5.41, 5.74) is 7.90. The molecule has 2 fully saturated rings. The van der Waals surface area contributed by atoms with E-state index in [2.05, 4.69) is 55.3 Å². The number of carbonyl (C=O) groups is 2. The molecule has 0 aromatic heterocycles. The van der Waals surface area contributed by atoms with E-state index in [1.54, 1.807) is 6.07 Å². The highest BCUT2D eigenvalue weighted by atomic mass is 16.2. The quantitative estimate of drug-likeness (QED) is 0.614. The fourth-order valence-corrected chi connectivity index (χ4v) is 5.27. The number of piperazine rings is 2. The number of likely N-dealkylation sites (N-methyl/N-ethyl adjacent to an activating group) is 1. The average Bonchev–Trinajstić information content (AvgIpc) is 3.46. The van der Waals surface area contributed by atoms with Crippen molar-refractivity contribution in [2.45, 2.75) is 6.04 Å². The van der Waals surface area contributed by atoms with Gasteiger partial charge in [0.25, 0.3) is 0 Å². The van der Waals surface area contributed by atoms with Crippen molar-refractivity contribution in [3.05, 3.63) is 64.7 Å². The van der Waals surface area contributed by atoms with Gasteiger partial charge in [0.15, 0.2) is 5.78 Å². The molecule has 0 saturated carbocycles. The van der Waals surface area contributed by atoms with Crippen LogP contribution in [-0.4, -0.2) is 81.1 Å². The summed E-state index contributed by atoms with van der Waals surface area (Å²) in [6.07, 6.45) is 0. The van der Waals surface area contributed by atoms with E-state index in [9.17, 15) is 9.59 Å². The Morgan fingerprint density at radius 3 is 2.50 bits per heavy atom. The van der Waals surface area contributed by atoms with Crippen LogP contribution in [0.15, 0.2) is 58.3 Å². The highest BCUT2D eigenvalue weighted by molar-refractivity contribution is 6.22. The molecular formula is C26H30N8O2. The van der Waals surface area contributed by atoms with Gasteiger partial charge >= 0.3 is 6.03 Å². The van der Waals surface area contributed by atoms with Crippen LogP contribution in [0.1, 0.15) is 27.5 Å². The lowest BCUT2D eigenvalue weighted by Crippen LogP contribution is -2.53. The van der Waals surface area contributed by atoms with Gasteiger partial charge in [0.1, 0.15) is 11.7 Å². The van der Waals surface area contributed by atoms with Crippen LogP contribution in [-0.2, 0) is 0 Å². The molecule has 6 rings (SSSR count). The topological polar surface area (TPSA) is 105 Å². The molecule has 3 aliphatic heterocycles. The third-order valence-corrected chi connectivity index (χ3v) is 7.30. The largest absolute Gasteiger partial charge is 0.369 e. The first kappa shape index (κ1) is 22.8. The minimum atomic E-state index is -0.433. The van der Waals surface area contributed by atoms with E-state index >= 15 is 0 Å². The van der Waals surface area contributed by atoms with E-state index in [0.717, 1.165) is 69.2 Å². The maximum atomic E-state index is 13.6. The molecule has 2 saturated heterocycles. The lowest BCUT2D eigenvalue weighted by Gasteiger charge is -2.32. The third kappa shape index (κ3) is 4.17. The molecule has 4 aliphatic rings. The number of rotatable bonds is 4. The Bertz CT molecular complexity index is 1240. The second kappa shape index (κ2) is 9.45. The molecule has 1 aliphatic carbocycles. The molecular weight excluding hydrogens is 456 g/mol. The normalized spacial score (nSPS) is 22.1. The lowest BCUT2D eigenvalue weighted by molar-refractivity contribution is 0.103. The van der Waals surface area contributed by atoms with Gasteiger partial charge in [0.05, 0.1) is 16.8 Å². The molecule has 1 atom stereocenters. The molecule has 0 radical (unpaired) electrons. The van der Waals surface area contributed by atoms with Crippen LogP contribution in [0, 0.1) is 0 Å². The summed E-state index contributed by atoms with van der Waals surface area (Å²) in [7, 11) is 2.06. The number of benzene rings is 2. The van der Waals surface area contributed by atoms with Crippen molar-refractivity contribution >= 4 is 28.9 Å². The third-order valence-electron chi connectivity index (χ3n) is 7.30. The van der Waals surface area contributed by atoms with E-state index < -0.39 is 6.04 Å². The van der Waals surface area contributed by atoms with Crippen molar-refractivity contribution in [3.63, 3.8) is 0 Å². The van der Waals surface area contributed by atoms with E-state index in [1.165, 1.54) is 0 Å². The van der Waals surface area contributed by atoms with Crippen LogP contribution in [0.4, 0.5) is 16.2 Å². The highest BCUT2D eigenvalue weighted by Gasteiger charge is 2.42. The fourth-order valence-electron chi connectivity index (χ4n) is 5.27. The van der Waals surface area contributed by atoms with Gasteiger partial charge in [0.2, 0.25) is 0 Å². The van der Waals surface area contributed by atoms with E-state index in [0.29, 0.717) is 22.5 Å². The molecule has 10 heteroatoms. The van der Waals surface area contributed by atoms with Gasteiger partial charge in [-0.1, -0.05) is 24.3 Å². The zero-order valence-electron chi connectivity index (χ0n) is 20.3. The molecule has 0 spiro atoms. The van der Waals surface area contributed by atoms with Crippen LogP contribution in [0.2, 0.25) is 0 Å². The Morgan fingerprint density at radius 1 is 1.00 bits per heavy atom. The number of ketones is 1. The van der Waals surface area contributed by atoms with Crippen LogP contribution < -0.4 is 21.0 Å². The van der Waals surface area contributed by atoms with E-state index in [1.807, 2.05) is 29.3 Å². The van der Waals surface area contributed by atoms with Crippen LogP contribution >= 0.6 is 0 Å². The van der Waals surface area contributed by atoms with Crippen LogP contribution in [0.5, 0.6) is 0 Å². The SMILES string of the molecule is CN1CCN(NC(=O)Nc2cccc3c2C(=O)C2=C(c4ccc(N5CCNCC5)cc4)N=NC23)CC1. The number of nitrogens with zero attached hydrogens (tertiary/aromatic N) is 5. The number of amides is 2. The van der Waals surface area contributed by atoms with Gasteiger partial charge in [-0.25, -0.2) is 9.80 Å². The van der Waals surface area contributed by atoms with Gasteiger partial charge in [-0.15, -0.1) is 0 Å². The van der Waals surface area contributed by atoms with Crippen molar-refractivity contribution in [2.75, 3.05) is 69.6 Å². The van der Waals surface area contributed by atoms with Crippen molar-refractivity contribution in [3.8, 4) is 0 Å². The smallest absolute Gasteiger partial charge is 0.333 e. The molecule has 3 heterocycles. The predicted molar refractivity (Wildman–Crippen MR) is 138 cm³/mol. The van der Waals surface area contributed by atoms with Gasteiger partial charge < -0.3 is 20.4 Å². The molecule has 2 amide bonds. The van der Waals surface area contributed by atoms with Crippen LogP contribution in [0.25, 0.3) is 5.70 Å². The summed E-state index contributed by atoms with van der Waals surface area (Å²) in [4.78, 5) is 30.9. The predicted octanol–water partition coefficient (Wildman–Crippen LogP) is 2.49. The van der Waals surface area contributed by atoms with Crippen molar-refractivity contribution in [1.82, 2.24) is 20.7 Å². The number of azo groups is 1. The Hall–Kier alpha value is -3.60. The Morgan fingerprint density at radius 2 is 1.75 bits per heavy atom. The summed E-state index contributed by atoms with van der Waals surface area (Å²) in [5.74, 6) is -0.128. The van der Waals surface area contributed by atoms with Gasteiger partial charge in [-0.3, -0.25) is 10.2 Å². The molecule has 186 valence electrons. The maximum absolute atomic E-state index is 13.6. The van der Waals surface area contributed by atoms with Crippen molar-refractivity contribution in [2.24, 2.45) is 10.2 Å². The lowest BCUT2D eigenvalue weighted by atomic mass is 10.0. The Kier molecular flexibility index (Phi) is 6.00. The Balaban J connectivity index is 1.22. The number of fused-ring (bicyclic) bond motifs is 3. The summed E-state index contributed by atoms with van der Waals surface area (Å²) < 4.78 is 0. The molecule has 2 aromatic carbocycles. The molecule has 2 aromatic rings. The molecule has 36 heavy (non-hydrogen) atoms. The number of urea groups is 1. The summed E-state index contributed by atoms with van der Waals surface area (Å²) in [5, 5.41) is 17.0. The maximum Gasteiger partial charge on any atom is 0.333 e. The minimum absolute atomic E-state index is 0.128. The van der Waals surface area contributed by atoms with Crippen LogP contribution in [0.3, 0.4) is 0 Å². The first-order valence-corrected chi connectivity index (χ1v) is 12.5. The van der Waals surface area contributed by atoms with Gasteiger partial charge in [0, 0.05) is 63.6 Å². The van der Waals surface area contributed by atoms with Gasteiger partial charge in [-0.2, -0.15) is 10.2 Å². The Labute approximate surface area is 210 Å². The standard InChI is InChI=1S/C26H30N8O2/c1-32-13-15-34(16-14-32)31-26(36)28-20-4-2-3-19-21(20)25(35)22-23(29-30-24(19)22)17-5-7-18(8-6-17)33-11-9-27-10-12-33/h2-8,24,27H,9-16H2,1H3,(H2,28,31,36). The molecule has 10 nitrogen and oxygen atoms in total. The summed E-state index contributed by atoms with van der Waals surface area (Å²) >= 11 is 0. The number of anilines is 2. The fraction of sp³-hybridized carbons (Fsp3) is 0.385. The number of hydrogen-bond acceptors (Lipinski definition) is 8. The van der Waals surface area contributed by atoms with Crippen molar-refractivity contribution in [1.29, 1.82) is 0 Å². The minimum Gasteiger partial charge on any atom is -0.369 e. The first-order valence-electron chi connectivity index (χ1n) is 12.5. The highest BCUT2D eigenvalue weighted by Crippen LogP contribution is 2.49. The number of carbonyl (C=O) groups excluding carboxylic acids is 2. The van der Waals surface area contributed by atoms with E-state index in [-0.39, 0.29) is 11.8 Å².